The van der Waals surface area contributed by atoms with Crippen molar-refractivity contribution in [2.45, 2.75) is 101 Å². The van der Waals surface area contributed by atoms with Crippen molar-refractivity contribution in [1.29, 1.82) is 0 Å². The lowest BCUT2D eigenvalue weighted by molar-refractivity contribution is -0.142. The van der Waals surface area contributed by atoms with E-state index in [2.05, 4.69) is 42.5 Å². The summed E-state index contributed by atoms with van der Waals surface area (Å²) in [6.45, 7) is 6.77. The SMILES string of the molecule is CN[C@@H](C)C(=O)N[C@H](C(=O)N1C[C@@H](NC(=O)c2cc(N)cc(C(=O)N[C@H]3C[C@@H](C(=O)N[C@H](C)c4ccccc4)N(C(=O)[C@@H](NC(=O)[C@H](C)NC)c4ccccc4)C3)c2)C[C@H]1C(=O)N[C@H](C)c1ccccc1)c1ccccc1. The van der Waals surface area contributed by atoms with Gasteiger partial charge in [-0.05, 0) is 95.1 Å². The number of likely N-dealkylation sites (tertiary alicyclic amines) is 2. The maximum atomic E-state index is 14.7. The van der Waals surface area contributed by atoms with E-state index in [1.807, 2.05) is 74.5 Å². The molecule has 2 aliphatic rings. The molecule has 77 heavy (non-hydrogen) atoms. The van der Waals surface area contributed by atoms with Gasteiger partial charge in [0.2, 0.25) is 23.6 Å². The van der Waals surface area contributed by atoms with Gasteiger partial charge in [0.1, 0.15) is 24.2 Å². The molecule has 0 bridgehead atoms. The molecule has 2 heterocycles. The van der Waals surface area contributed by atoms with E-state index in [1.165, 1.54) is 28.0 Å². The first-order valence-corrected chi connectivity index (χ1v) is 25.8. The minimum atomic E-state index is -1.17. The Balaban J connectivity index is 1.11. The fraction of sp³-hybridized carbons (Fsp3) is 0.345. The summed E-state index contributed by atoms with van der Waals surface area (Å²) in [7, 11) is 3.25. The topological polar surface area (TPSA) is 265 Å². The van der Waals surface area contributed by atoms with Crippen LogP contribution in [0.15, 0.2) is 140 Å². The number of hydrogen-bond donors (Lipinski definition) is 9. The van der Waals surface area contributed by atoms with Crippen LogP contribution in [0.4, 0.5) is 5.69 Å². The van der Waals surface area contributed by atoms with Crippen LogP contribution in [-0.2, 0) is 28.8 Å². The van der Waals surface area contributed by atoms with E-state index in [0.717, 1.165) is 11.1 Å². The number of amides is 8. The second-order valence-electron chi connectivity index (χ2n) is 19.7. The number of carbonyl (C=O) groups excluding carboxylic acids is 8. The van der Waals surface area contributed by atoms with E-state index in [0.29, 0.717) is 11.1 Å². The monoisotopic (exact) mass is 1050 g/mol. The highest BCUT2D eigenvalue weighted by molar-refractivity contribution is 6.02. The molecule has 5 aromatic rings. The molecule has 0 saturated carbocycles. The molecule has 404 valence electrons. The highest BCUT2D eigenvalue weighted by Gasteiger charge is 2.45. The molecular weight excluding hydrogens is 979 g/mol. The Kier molecular flexibility index (Phi) is 18.9. The van der Waals surface area contributed by atoms with E-state index >= 15 is 0 Å². The third-order valence-corrected chi connectivity index (χ3v) is 14.2. The van der Waals surface area contributed by atoms with Crippen molar-refractivity contribution in [1.82, 2.24) is 52.3 Å². The Labute approximate surface area is 448 Å². The maximum absolute atomic E-state index is 14.7. The predicted molar refractivity (Wildman–Crippen MR) is 291 cm³/mol. The number of rotatable bonds is 20. The molecule has 19 heteroatoms. The van der Waals surface area contributed by atoms with E-state index in [9.17, 15) is 38.4 Å². The van der Waals surface area contributed by atoms with Crippen molar-refractivity contribution >= 4 is 52.9 Å². The van der Waals surface area contributed by atoms with Gasteiger partial charge in [-0.2, -0.15) is 0 Å². The van der Waals surface area contributed by atoms with E-state index in [4.69, 9.17) is 5.73 Å². The number of nitrogens with one attached hydrogen (secondary N) is 8. The average molecular weight is 1050 g/mol. The third kappa shape index (κ3) is 14.1. The molecule has 7 rings (SSSR count). The molecule has 2 aliphatic heterocycles. The van der Waals surface area contributed by atoms with Crippen LogP contribution in [0.25, 0.3) is 0 Å². The molecule has 0 radical (unpaired) electrons. The van der Waals surface area contributed by atoms with Gasteiger partial charge in [0.05, 0.1) is 24.2 Å². The van der Waals surface area contributed by atoms with E-state index < -0.39 is 108 Å². The Hall–Kier alpha value is -8.42. The number of anilines is 1. The number of nitrogens with zero attached hydrogens (tertiary/aromatic N) is 2. The van der Waals surface area contributed by atoms with Crippen LogP contribution in [0.5, 0.6) is 0 Å². The molecule has 10 atom stereocenters. The summed E-state index contributed by atoms with van der Waals surface area (Å²) in [4.78, 5) is 116. The summed E-state index contributed by atoms with van der Waals surface area (Å²) in [5, 5.41) is 23.4. The van der Waals surface area contributed by atoms with Crippen LogP contribution in [-0.4, -0.2) is 120 Å². The number of likely N-dealkylation sites (N-methyl/N-ethyl adjacent to an activating group) is 2. The Morgan fingerprint density at radius 3 is 1.12 bits per heavy atom. The zero-order chi connectivity index (χ0) is 55.3. The zero-order valence-corrected chi connectivity index (χ0v) is 44.1. The molecular formula is C58H69N11O8. The molecule has 0 unspecified atom stereocenters. The van der Waals surface area contributed by atoms with Crippen molar-refractivity contribution in [3.63, 3.8) is 0 Å². The highest BCUT2D eigenvalue weighted by atomic mass is 16.2. The number of nitrogen functional groups attached to an aromatic ring is 1. The zero-order valence-electron chi connectivity index (χ0n) is 44.1. The summed E-state index contributed by atoms with van der Waals surface area (Å²) in [5.41, 5.74) is 9.15. The standard InChI is InChI=1S/C58H69N11O8/c1-34(38-19-11-7-12-20-38)62-55(74)47-30-45(32-68(47)57(76)49(40-23-15-9-16-24-40)66-51(70)36(3)60-5)64-53(72)42-27-43(29-44(59)28-42)54(73)65-46-31-48(56(75)63-35(2)39-21-13-8-14-22-39)69(33-46)58(77)50(41-25-17-10-18-26-41)67-52(71)37(4)61-6/h7-29,34-37,45-50,60-61H,30-33,59H2,1-6H3,(H,62,74)(H,63,75)(H,64,72)(H,65,73)(H,66,70)(H,67,71)/t34-,35-,36+,37+,45+,46+,47+,48+,49+,50+/m1/s1. The van der Waals surface area contributed by atoms with Gasteiger partial charge in [-0.1, -0.05) is 121 Å². The predicted octanol–water partition coefficient (Wildman–Crippen LogP) is 3.35. The highest BCUT2D eigenvalue weighted by Crippen LogP contribution is 2.29. The quantitative estimate of drug-likeness (QED) is 0.0511. The van der Waals surface area contributed by atoms with Crippen molar-refractivity contribution in [3.05, 3.63) is 173 Å². The first kappa shape index (κ1) is 56.3. The lowest BCUT2D eigenvalue weighted by Gasteiger charge is -2.30. The van der Waals surface area contributed by atoms with Crippen molar-refractivity contribution in [3.8, 4) is 0 Å². The largest absolute Gasteiger partial charge is 0.399 e. The number of hydrogen-bond acceptors (Lipinski definition) is 11. The normalized spacial score (nSPS) is 19.3. The smallest absolute Gasteiger partial charge is 0.251 e. The van der Waals surface area contributed by atoms with Crippen LogP contribution < -0.4 is 48.3 Å². The van der Waals surface area contributed by atoms with Crippen molar-refractivity contribution < 1.29 is 38.4 Å². The molecule has 8 amide bonds. The van der Waals surface area contributed by atoms with Crippen LogP contribution in [0.2, 0.25) is 0 Å². The summed E-state index contributed by atoms with van der Waals surface area (Å²) >= 11 is 0. The van der Waals surface area contributed by atoms with Crippen LogP contribution in [0.3, 0.4) is 0 Å². The lowest BCUT2D eigenvalue weighted by atomic mass is 10.0. The second kappa shape index (κ2) is 25.9. The van der Waals surface area contributed by atoms with Gasteiger partial charge in [-0.3, -0.25) is 38.4 Å². The Bertz CT molecular complexity index is 2710. The van der Waals surface area contributed by atoms with Crippen LogP contribution >= 0.6 is 0 Å². The number of nitrogens with two attached hydrogens (primary N) is 1. The van der Waals surface area contributed by atoms with Gasteiger partial charge in [0, 0.05) is 42.0 Å². The molecule has 5 aromatic carbocycles. The molecule has 0 aromatic heterocycles. The molecule has 2 fully saturated rings. The summed E-state index contributed by atoms with van der Waals surface area (Å²) < 4.78 is 0. The number of carbonyl (C=O) groups is 8. The second-order valence-corrected chi connectivity index (χ2v) is 19.7. The van der Waals surface area contributed by atoms with E-state index in [-0.39, 0.29) is 42.7 Å². The maximum Gasteiger partial charge on any atom is 0.251 e. The van der Waals surface area contributed by atoms with E-state index in [1.54, 1.807) is 88.6 Å². The fourth-order valence-corrected chi connectivity index (χ4v) is 9.58. The van der Waals surface area contributed by atoms with Gasteiger partial charge in [-0.25, -0.2) is 0 Å². The molecule has 10 N–H and O–H groups in total. The van der Waals surface area contributed by atoms with Gasteiger partial charge < -0.3 is 58.1 Å². The van der Waals surface area contributed by atoms with Gasteiger partial charge in [0.25, 0.3) is 23.6 Å². The Morgan fingerprint density at radius 2 is 0.792 bits per heavy atom. The first-order valence-electron chi connectivity index (χ1n) is 25.8. The van der Waals surface area contributed by atoms with Gasteiger partial charge in [-0.15, -0.1) is 0 Å². The van der Waals surface area contributed by atoms with Crippen molar-refractivity contribution in [2.24, 2.45) is 0 Å². The first-order chi connectivity index (χ1) is 37.0. The lowest BCUT2D eigenvalue weighted by Crippen LogP contribution is -2.52. The number of benzene rings is 5. The third-order valence-electron chi connectivity index (χ3n) is 14.2. The average Bonchev–Trinajstić information content (AvgIpc) is 4.10. The molecule has 19 nitrogen and oxygen atoms in total. The summed E-state index contributed by atoms with van der Waals surface area (Å²) in [6, 6.07) is 32.1. The minimum Gasteiger partial charge on any atom is -0.399 e. The minimum absolute atomic E-state index is 0.0155. The van der Waals surface area contributed by atoms with Crippen molar-refractivity contribution in [2.75, 3.05) is 32.9 Å². The molecule has 0 spiro atoms. The van der Waals surface area contributed by atoms with Gasteiger partial charge in [0.15, 0.2) is 0 Å². The Morgan fingerprint density at radius 1 is 0.468 bits per heavy atom. The molecule has 2 saturated heterocycles. The fourth-order valence-electron chi connectivity index (χ4n) is 9.58. The molecule has 0 aliphatic carbocycles. The van der Waals surface area contributed by atoms with Gasteiger partial charge >= 0.3 is 0 Å². The summed E-state index contributed by atoms with van der Waals surface area (Å²) in [6.07, 6.45) is 0.0317. The van der Waals surface area contributed by atoms with Crippen LogP contribution in [0, 0.1) is 0 Å². The van der Waals surface area contributed by atoms with Crippen LogP contribution in [0.1, 0.15) is 108 Å². The summed E-state index contributed by atoms with van der Waals surface area (Å²) in [5.74, 6) is -4.18.